The van der Waals surface area contributed by atoms with Gasteiger partial charge in [0.25, 0.3) is 0 Å². The van der Waals surface area contributed by atoms with Crippen molar-refractivity contribution in [2.75, 3.05) is 0 Å². The van der Waals surface area contributed by atoms with E-state index in [4.69, 9.17) is 5.02 Å². The van der Waals surface area contributed by atoms with Gasteiger partial charge in [-0.25, -0.2) is 4.39 Å². The van der Waals surface area contributed by atoms with Gasteiger partial charge in [0.05, 0.1) is 12.4 Å². The average Bonchev–Trinajstić information content (AvgIpc) is 1.88. The van der Waals surface area contributed by atoms with Gasteiger partial charge in [0, 0.05) is 6.07 Å². The fourth-order valence-corrected chi connectivity index (χ4v) is 0.518. The Morgan fingerprint density at radius 2 is 2.40 bits per heavy atom. The zero-order valence-electron chi connectivity index (χ0n) is 4.99. The molecule has 1 aromatic heterocycles. The van der Waals surface area contributed by atoms with E-state index in [0.717, 1.165) is 12.3 Å². The second-order valence-corrected chi connectivity index (χ2v) is 1.56. The van der Waals surface area contributed by atoms with E-state index < -0.39 is 5.82 Å². The predicted molar refractivity (Wildman–Crippen MR) is 32.8 cm³/mol. The van der Waals surface area contributed by atoms with Crippen LogP contribution in [0.15, 0.2) is 18.5 Å². The first-order valence-electron chi connectivity index (χ1n) is 2.56. The zero-order valence-corrected chi connectivity index (χ0v) is 4.99. The Bertz CT molecular complexity index is 221. The summed E-state index contributed by atoms with van der Waals surface area (Å²) in [4.78, 5) is 3.47. The van der Waals surface area contributed by atoms with Gasteiger partial charge < -0.3 is 9.68 Å². The summed E-state index contributed by atoms with van der Waals surface area (Å²) in [7, 11) is 0.469. The van der Waals surface area contributed by atoms with Crippen LogP contribution in [-0.4, -0.2) is 17.7 Å². The molecule has 5 heteroatoms. The number of hydrogen-bond acceptors (Lipinski definition) is 3. The molecule has 0 aliphatic heterocycles. The van der Waals surface area contributed by atoms with Crippen LogP contribution in [-0.2, 0) is 0 Å². The Morgan fingerprint density at radius 1 is 1.60 bits per heavy atom. The van der Waals surface area contributed by atoms with Crippen molar-refractivity contribution in [2.24, 2.45) is 0 Å². The van der Waals surface area contributed by atoms with E-state index in [9.17, 15) is 4.39 Å². The van der Waals surface area contributed by atoms with E-state index in [-0.39, 0.29) is 5.75 Å². The third-order valence-corrected chi connectivity index (χ3v) is 0.869. The van der Waals surface area contributed by atoms with Crippen LogP contribution in [0.3, 0.4) is 0 Å². The first-order chi connectivity index (χ1) is 4.83. The molecule has 1 aromatic rings. The third-order valence-electron chi connectivity index (χ3n) is 0.869. The minimum Gasteiger partial charge on any atom is -0.536 e. The Kier molecular flexibility index (Phi) is 2.22. The molecule has 0 bridgehead atoms. The molecule has 1 rings (SSSR count). The van der Waals surface area contributed by atoms with Gasteiger partial charge in [-0.1, -0.05) is 0 Å². The van der Waals surface area contributed by atoms with Crippen LogP contribution in [0, 0.1) is 5.82 Å². The highest BCUT2D eigenvalue weighted by Crippen LogP contribution is 2.07. The molecule has 0 spiro atoms. The predicted octanol–water partition coefficient (Wildman–Crippen LogP) is 0.126. The van der Waals surface area contributed by atoms with E-state index in [0.29, 0.717) is 7.69 Å². The molecule has 1 heterocycles. The van der Waals surface area contributed by atoms with Gasteiger partial charge in [-0.3, -0.25) is 4.98 Å². The Balaban J connectivity index is 2.75. The number of rotatable bonds is 2. The summed E-state index contributed by atoms with van der Waals surface area (Å²) in [5.41, 5.74) is 0. The molecule has 0 aliphatic carbocycles. The largest absolute Gasteiger partial charge is 0.569 e. The highest BCUT2D eigenvalue weighted by molar-refractivity contribution is 6.17. The molecule has 10 heavy (non-hydrogen) atoms. The minimum absolute atomic E-state index is 0.169. The van der Waals surface area contributed by atoms with Crippen LogP contribution in [0.1, 0.15) is 0 Å². The van der Waals surface area contributed by atoms with Crippen LogP contribution in [0.2, 0.25) is 0 Å². The van der Waals surface area contributed by atoms with Crippen molar-refractivity contribution >= 4 is 7.69 Å². The maximum Gasteiger partial charge on any atom is 0.569 e. The van der Waals surface area contributed by atoms with Gasteiger partial charge in [0.2, 0.25) is 0 Å². The standard InChI is InChI=1S/C5H4BFNO2/c7-4-1-5(10-6-9)3-8-2-4/h1-3,9H. The SMILES string of the molecule is O[B]Oc1cncc(F)c1. The minimum atomic E-state index is -0.501. The fraction of sp³-hybridized carbons (Fsp3) is 0. The molecule has 51 valence electrons. The van der Waals surface area contributed by atoms with Crippen molar-refractivity contribution in [3.05, 3.63) is 24.3 Å². The third kappa shape index (κ3) is 1.70. The van der Waals surface area contributed by atoms with Crippen molar-refractivity contribution in [3.63, 3.8) is 0 Å². The van der Waals surface area contributed by atoms with Crippen LogP contribution >= 0.6 is 0 Å². The van der Waals surface area contributed by atoms with Crippen LogP contribution in [0.25, 0.3) is 0 Å². The van der Waals surface area contributed by atoms with Crippen molar-refractivity contribution in [1.29, 1.82) is 0 Å². The molecule has 3 nitrogen and oxygen atoms in total. The fourth-order valence-electron chi connectivity index (χ4n) is 0.518. The van der Waals surface area contributed by atoms with E-state index >= 15 is 0 Å². The number of pyridine rings is 1. The summed E-state index contributed by atoms with van der Waals surface area (Å²) in [6.07, 6.45) is 2.33. The highest BCUT2D eigenvalue weighted by Gasteiger charge is 1.95. The Hall–Kier alpha value is -1.10. The van der Waals surface area contributed by atoms with Crippen LogP contribution in [0.5, 0.6) is 5.75 Å². The number of nitrogens with zero attached hydrogens (tertiary/aromatic N) is 1. The summed E-state index contributed by atoms with van der Waals surface area (Å²) in [5.74, 6) is -0.332. The topological polar surface area (TPSA) is 42.4 Å². The lowest BCUT2D eigenvalue weighted by molar-refractivity contribution is 0.449. The summed E-state index contributed by atoms with van der Waals surface area (Å²) in [5, 5.41) is 8.11. The smallest absolute Gasteiger partial charge is 0.536 e. The van der Waals surface area contributed by atoms with Crippen molar-refractivity contribution in [3.8, 4) is 5.75 Å². The maximum absolute atomic E-state index is 12.3. The Labute approximate surface area is 57.8 Å². The molecular formula is C5H4BFNO2. The molecule has 1 radical (unpaired) electrons. The van der Waals surface area contributed by atoms with E-state index in [2.05, 4.69) is 9.64 Å². The van der Waals surface area contributed by atoms with E-state index in [1.54, 1.807) is 0 Å². The Morgan fingerprint density at radius 3 is 3.00 bits per heavy atom. The monoisotopic (exact) mass is 140 g/mol. The zero-order chi connectivity index (χ0) is 7.40. The summed E-state index contributed by atoms with van der Waals surface area (Å²) >= 11 is 0. The lowest BCUT2D eigenvalue weighted by atomic mass is 10.4. The number of hydrogen-bond donors (Lipinski definition) is 1. The lowest BCUT2D eigenvalue weighted by Crippen LogP contribution is -2.00. The second kappa shape index (κ2) is 3.17. The molecule has 0 fully saturated rings. The molecule has 0 unspecified atom stereocenters. The quantitative estimate of drug-likeness (QED) is 0.593. The molecule has 0 saturated carbocycles. The molecule has 0 amide bonds. The molecular weight excluding hydrogens is 136 g/mol. The molecule has 0 saturated heterocycles. The van der Waals surface area contributed by atoms with E-state index in [1.165, 1.54) is 6.20 Å². The molecule has 0 aliphatic rings. The summed E-state index contributed by atoms with van der Waals surface area (Å²) in [6.45, 7) is 0. The molecule has 0 aromatic carbocycles. The first-order valence-corrected chi connectivity index (χ1v) is 2.56. The lowest BCUT2D eigenvalue weighted by Gasteiger charge is -1.97. The summed E-state index contributed by atoms with van der Waals surface area (Å²) < 4.78 is 16.7. The van der Waals surface area contributed by atoms with Gasteiger partial charge in [0.1, 0.15) is 11.6 Å². The van der Waals surface area contributed by atoms with Crippen molar-refractivity contribution < 1.29 is 14.1 Å². The molecule has 0 atom stereocenters. The van der Waals surface area contributed by atoms with Gasteiger partial charge in [0.15, 0.2) is 0 Å². The molecule has 1 N–H and O–H groups in total. The first kappa shape index (κ1) is 7.02. The second-order valence-electron chi connectivity index (χ2n) is 1.56. The van der Waals surface area contributed by atoms with E-state index in [1.807, 2.05) is 0 Å². The van der Waals surface area contributed by atoms with Crippen molar-refractivity contribution in [1.82, 2.24) is 4.98 Å². The summed E-state index contributed by atoms with van der Waals surface area (Å²) in [6, 6.07) is 1.11. The van der Waals surface area contributed by atoms with Crippen LogP contribution in [0.4, 0.5) is 4.39 Å². The number of aromatic nitrogens is 1. The number of halogens is 1. The normalized spacial score (nSPS) is 9.00. The van der Waals surface area contributed by atoms with Gasteiger partial charge in [-0.05, 0) is 0 Å². The van der Waals surface area contributed by atoms with Gasteiger partial charge in [-0.2, -0.15) is 0 Å². The highest BCUT2D eigenvalue weighted by atomic mass is 19.1. The average molecular weight is 140 g/mol. The maximum atomic E-state index is 12.3. The van der Waals surface area contributed by atoms with Gasteiger partial charge >= 0.3 is 7.69 Å². The van der Waals surface area contributed by atoms with Crippen molar-refractivity contribution in [2.45, 2.75) is 0 Å². The van der Waals surface area contributed by atoms with Gasteiger partial charge in [-0.15, -0.1) is 0 Å². The van der Waals surface area contributed by atoms with Crippen LogP contribution < -0.4 is 4.65 Å².